The van der Waals surface area contributed by atoms with Crippen LogP contribution in [-0.4, -0.2) is 12.6 Å². The molecule has 1 heterocycles. The zero-order valence-electron chi connectivity index (χ0n) is 13.5. The first-order valence-corrected chi connectivity index (χ1v) is 7.45. The van der Waals surface area contributed by atoms with E-state index in [0.717, 1.165) is 5.56 Å². The molecule has 4 nitrogen and oxygen atoms in total. The van der Waals surface area contributed by atoms with Crippen LogP contribution in [0.5, 0.6) is 0 Å². The van der Waals surface area contributed by atoms with Gasteiger partial charge in [-0.2, -0.15) is 5.26 Å². The van der Waals surface area contributed by atoms with Crippen LogP contribution in [0.1, 0.15) is 25.2 Å². The van der Waals surface area contributed by atoms with E-state index >= 15 is 0 Å². The third-order valence-electron chi connectivity index (χ3n) is 3.14. The molecule has 4 heteroatoms. The van der Waals surface area contributed by atoms with Crippen molar-refractivity contribution in [3.05, 3.63) is 53.3 Å². The minimum atomic E-state index is -0.630. The van der Waals surface area contributed by atoms with Crippen LogP contribution in [0.2, 0.25) is 0 Å². The van der Waals surface area contributed by atoms with Crippen molar-refractivity contribution >= 4 is 12.0 Å². The zero-order chi connectivity index (χ0) is 16.8. The summed E-state index contributed by atoms with van der Waals surface area (Å²) in [7, 11) is 0. The predicted molar refractivity (Wildman–Crippen MR) is 88.3 cm³/mol. The fourth-order valence-electron chi connectivity index (χ4n) is 1.90. The lowest BCUT2D eigenvalue weighted by molar-refractivity contribution is -0.139. The summed E-state index contributed by atoms with van der Waals surface area (Å²) in [6, 6.07) is 13.3. The van der Waals surface area contributed by atoms with Crippen molar-refractivity contribution in [2.24, 2.45) is 5.92 Å². The normalized spacial score (nSPS) is 11.3. The number of esters is 1. The Morgan fingerprint density at radius 1 is 1.26 bits per heavy atom. The van der Waals surface area contributed by atoms with Crippen LogP contribution in [0.15, 0.2) is 46.4 Å². The Hall–Kier alpha value is -2.80. The number of ether oxygens (including phenoxy) is 1. The molecule has 0 N–H and O–H groups in total. The van der Waals surface area contributed by atoms with Gasteiger partial charge in [0.2, 0.25) is 0 Å². The number of nitriles is 1. The van der Waals surface area contributed by atoms with Gasteiger partial charge in [0.15, 0.2) is 0 Å². The fraction of sp³-hybridized carbons (Fsp3) is 0.263. The largest absolute Gasteiger partial charge is 0.461 e. The second-order valence-corrected chi connectivity index (χ2v) is 5.73. The molecule has 2 aromatic rings. The standard InChI is InChI=1S/C19H19NO3/c1-13(2)12-22-19(21)16(11-20)10-17-8-9-18(23-17)15-6-4-14(3)5-7-15/h4-10,13H,12H2,1-3H3/b16-10-. The highest BCUT2D eigenvalue weighted by atomic mass is 16.5. The van der Waals surface area contributed by atoms with Crippen molar-refractivity contribution in [1.29, 1.82) is 5.26 Å². The van der Waals surface area contributed by atoms with Crippen LogP contribution in [0.25, 0.3) is 17.4 Å². The molecular formula is C19H19NO3. The summed E-state index contributed by atoms with van der Waals surface area (Å²) in [4.78, 5) is 11.8. The van der Waals surface area contributed by atoms with Gasteiger partial charge in [0.1, 0.15) is 23.2 Å². The van der Waals surface area contributed by atoms with E-state index in [1.165, 1.54) is 11.6 Å². The second-order valence-electron chi connectivity index (χ2n) is 5.73. The first kappa shape index (κ1) is 16.6. The number of carbonyl (C=O) groups excluding carboxylic acids is 1. The quantitative estimate of drug-likeness (QED) is 0.467. The van der Waals surface area contributed by atoms with E-state index in [9.17, 15) is 4.79 Å². The minimum Gasteiger partial charge on any atom is -0.461 e. The van der Waals surface area contributed by atoms with Crippen LogP contribution >= 0.6 is 0 Å². The number of furan rings is 1. The number of nitrogens with zero attached hydrogens (tertiary/aromatic N) is 1. The second kappa shape index (κ2) is 7.46. The molecule has 0 radical (unpaired) electrons. The minimum absolute atomic E-state index is 0.0737. The SMILES string of the molecule is Cc1ccc(-c2ccc(/C=C(/C#N)C(=O)OCC(C)C)o2)cc1. The molecule has 0 fully saturated rings. The van der Waals surface area contributed by atoms with Crippen LogP contribution in [0.3, 0.4) is 0 Å². The van der Waals surface area contributed by atoms with Crippen molar-refractivity contribution in [2.75, 3.05) is 6.61 Å². The molecule has 0 saturated heterocycles. The Morgan fingerprint density at radius 3 is 2.57 bits per heavy atom. The fourth-order valence-corrected chi connectivity index (χ4v) is 1.90. The van der Waals surface area contributed by atoms with E-state index in [1.54, 1.807) is 6.07 Å². The molecule has 0 amide bonds. The van der Waals surface area contributed by atoms with Crippen molar-refractivity contribution < 1.29 is 13.9 Å². The molecule has 2 rings (SSSR count). The summed E-state index contributed by atoms with van der Waals surface area (Å²) < 4.78 is 10.7. The van der Waals surface area contributed by atoms with Gasteiger partial charge in [-0.1, -0.05) is 43.7 Å². The van der Waals surface area contributed by atoms with Gasteiger partial charge in [0.25, 0.3) is 0 Å². The molecule has 0 bridgehead atoms. The zero-order valence-corrected chi connectivity index (χ0v) is 13.5. The van der Waals surface area contributed by atoms with Crippen LogP contribution in [-0.2, 0) is 9.53 Å². The van der Waals surface area contributed by atoms with Crippen LogP contribution in [0.4, 0.5) is 0 Å². The van der Waals surface area contributed by atoms with Gasteiger partial charge < -0.3 is 9.15 Å². The summed E-state index contributed by atoms with van der Waals surface area (Å²) >= 11 is 0. The summed E-state index contributed by atoms with van der Waals surface area (Å²) in [6.07, 6.45) is 1.40. The van der Waals surface area contributed by atoms with Gasteiger partial charge in [-0.15, -0.1) is 0 Å². The van der Waals surface area contributed by atoms with Crippen molar-refractivity contribution in [3.63, 3.8) is 0 Å². The number of carbonyl (C=O) groups is 1. The highest BCUT2D eigenvalue weighted by Gasteiger charge is 2.13. The Labute approximate surface area is 136 Å². The summed E-state index contributed by atoms with van der Waals surface area (Å²) in [6.45, 7) is 6.17. The van der Waals surface area contributed by atoms with Crippen LogP contribution in [0, 0.1) is 24.2 Å². The molecule has 23 heavy (non-hydrogen) atoms. The molecule has 1 aromatic heterocycles. The van der Waals surface area contributed by atoms with Crippen LogP contribution < -0.4 is 0 Å². The van der Waals surface area contributed by atoms with Gasteiger partial charge in [-0.25, -0.2) is 4.79 Å². The predicted octanol–water partition coefficient (Wildman–Crippen LogP) is 4.36. The number of aryl methyl sites for hydroxylation is 1. The van der Waals surface area contributed by atoms with E-state index < -0.39 is 5.97 Å². The molecule has 0 aliphatic heterocycles. The lowest BCUT2D eigenvalue weighted by Crippen LogP contribution is -2.11. The first-order chi connectivity index (χ1) is 11.0. The smallest absolute Gasteiger partial charge is 0.349 e. The molecule has 0 aliphatic rings. The van der Waals surface area contributed by atoms with Gasteiger partial charge in [-0.05, 0) is 25.0 Å². The Balaban J connectivity index is 2.17. The Morgan fingerprint density at radius 2 is 1.96 bits per heavy atom. The van der Waals surface area contributed by atoms with Crippen molar-refractivity contribution in [3.8, 4) is 17.4 Å². The molecule has 0 aliphatic carbocycles. The Bertz CT molecular complexity index is 746. The van der Waals surface area contributed by atoms with Gasteiger partial charge in [0.05, 0.1) is 6.61 Å². The summed E-state index contributed by atoms with van der Waals surface area (Å²) in [5.41, 5.74) is 2.03. The average Bonchev–Trinajstić information content (AvgIpc) is 2.99. The Kier molecular flexibility index (Phi) is 5.37. The van der Waals surface area contributed by atoms with Crippen molar-refractivity contribution in [2.45, 2.75) is 20.8 Å². The third kappa shape index (κ3) is 4.58. The first-order valence-electron chi connectivity index (χ1n) is 7.45. The van der Waals surface area contributed by atoms with Crippen molar-refractivity contribution in [1.82, 2.24) is 0 Å². The molecule has 118 valence electrons. The summed E-state index contributed by atoms with van der Waals surface area (Å²) in [5, 5.41) is 9.12. The van der Waals surface area contributed by atoms with Gasteiger partial charge in [0, 0.05) is 11.6 Å². The molecule has 0 unspecified atom stereocenters. The third-order valence-corrected chi connectivity index (χ3v) is 3.14. The maximum absolute atomic E-state index is 11.8. The van der Waals surface area contributed by atoms with E-state index in [4.69, 9.17) is 14.4 Å². The highest BCUT2D eigenvalue weighted by molar-refractivity contribution is 5.97. The summed E-state index contributed by atoms with van der Waals surface area (Å²) in [5.74, 6) is 0.716. The lowest BCUT2D eigenvalue weighted by atomic mass is 10.1. The topological polar surface area (TPSA) is 63.2 Å². The number of hydrogen-bond donors (Lipinski definition) is 0. The number of rotatable bonds is 5. The molecule has 0 spiro atoms. The number of benzene rings is 1. The molecule has 0 atom stereocenters. The van der Waals surface area contributed by atoms with E-state index in [2.05, 4.69) is 0 Å². The molecule has 1 aromatic carbocycles. The van der Waals surface area contributed by atoms with E-state index in [-0.39, 0.29) is 18.1 Å². The number of hydrogen-bond acceptors (Lipinski definition) is 4. The molecular weight excluding hydrogens is 290 g/mol. The van der Waals surface area contributed by atoms with Gasteiger partial charge in [-0.3, -0.25) is 0 Å². The highest BCUT2D eigenvalue weighted by Crippen LogP contribution is 2.23. The monoisotopic (exact) mass is 309 g/mol. The maximum Gasteiger partial charge on any atom is 0.349 e. The maximum atomic E-state index is 11.8. The lowest BCUT2D eigenvalue weighted by Gasteiger charge is -2.05. The van der Waals surface area contributed by atoms with Gasteiger partial charge >= 0.3 is 5.97 Å². The average molecular weight is 309 g/mol. The molecule has 0 saturated carbocycles. The van der Waals surface area contributed by atoms with E-state index in [0.29, 0.717) is 11.5 Å². The van der Waals surface area contributed by atoms with E-state index in [1.807, 2.05) is 57.2 Å².